The molecular formula is C25H39N3O4. The van der Waals surface area contributed by atoms with Crippen molar-refractivity contribution in [2.75, 3.05) is 19.6 Å². The van der Waals surface area contributed by atoms with Crippen LogP contribution in [0, 0.1) is 11.3 Å². The summed E-state index contributed by atoms with van der Waals surface area (Å²) in [5, 5.41) is 13.1. The standard InChI is InChI=1S/C25H39N3O4/c1-5-6-10-21(17-28(32)18-29)23(30)26-22(25(2,3)4)24(31)27-15-13-20(14-16-27)19-11-8-7-9-12-19/h7-9,11-12,18,20-22,32H,5-6,10,13-17H2,1-4H3,(H,26,30)/t21-,22-/m1/s1. The van der Waals surface area contributed by atoms with Gasteiger partial charge in [0.2, 0.25) is 18.2 Å². The second kappa shape index (κ2) is 12.0. The molecule has 2 atom stereocenters. The lowest BCUT2D eigenvalue weighted by atomic mass is 9.84. The highest BCUT2D eigenvalue weighted by molar-refractivity contribution is 5.89. The minimum Gasteiger partial charge on any atom is -0.344 e. The summed E-state index contributed by atoms with van der Waals surface area (Å²) in [6.45, 7) is 9.09. The lowest BCUT2D eigenvalue weighted by molar-refractivity contribution is -0.155. The number of piperidine rings is 1. The summed E-state index contributed by atoms with van der Waals surface area (Å²) in [7, 11) is 0. The number of likely N-dealkylation sites (tertiary alicyclic amines) is 1. The van der Waals surface area contributed by atoms with Crippen molar-refractivity contribution in [1.29, 1.82) is 0 Å². The molecule has 0 unspecified atom stereocenters. The zero-order valence-electron chi connectivity index (χ0n) is 19.9. The predicted molar refractivity (Wildman–Crippen MR) is 124 cm³/mol. The van der Waals surface area contributed by atoms with Gasteiger partial charge in [-0.1, -0.05) is 70.9 Å². The number of benzene rings is 1. The van der Waals surface area contributed by atoms with E-state index in [2.05, 4.69) is 17.4 Å². The fourth-order valence-electron chi connectivity index (χ4n) is 4.27. The Bertz CT molecular complexity index is 739. The molecule has 1 fully saturated rings. The molecule has 0 saturated carbocycles. The molecule has 7 heteroatoms. The number of nitrogens with one attached hydrogen (secondary N) is 1. The van der Waals surface area contributed by atoms with E-state index in [4.69, 9.17) is 0 Å². The summed E-state index contributed by atoms with van der Waals surface area (Å²) in [5.74, 6) is -0.485. The Morgan fingerprint density at radius 1 is 1.22 bits per heavy atom. The molecule has 2 rings (SSSR count). The summed E-state index contributed by atoms with van der Waals surface area (Å²) in [6.07, 6.45) is 4.34. The molecule has 0 spiro atoms. The van der Waals surface area contributed by atoms with Crippen LogP contribution in [0.2, 0.25) is 0 Å². The highest BCUT2D eigenvalue weighted by atomic mass is 16.5. The zero-order chi connectivity index (χ0) is 23.7. The molecule has 1 aromatic carbocycles. The normalized spacial score (nSPS) is 16.8. The van der Waals surface area contributed by atoms with E-state index in [0.717, 1.165) is 25.7 Å². The van der Waals surface area contributed by atoms with Crippen molar-refractivity contribution in [3.63, 3.8) is 0 Å². The maximum atomic E-state index is 13.4. The third-order valence-corrected chi connectivity index (χ3v) is 6.28. The second-order valence-electron chi connectivity index (χ2n) is 9.88. The third-order valence-electron chi connectivity index (χ3n) is 6.28. The minimum absolute atomic E-state index is 0.0668. The lowest BCUT2D eigenvalue weighted by Gasteiger charge is -2.39. The Morgan fingerprint density at radius 2 is 1.84 bits per heavy atom. The molecule has 32 heavy (non-hydrogen) atoms. The molecule has 1 heterocycles. The molecule has 0 bridgehead atoms. The van der Waals surface area contributed by atoms with Crippen LogP contribution in [-0.4, -0.2) is 59.1 Å². The van der Waals surface area contributed by atoms with Crippen LogP contribution >= 0.6 is 0 Å². The van der Waals surface area contributed by atoms with Crippen LogP contribution in [0.1, 0.15) is 71.3 Å². The number of hydrogen-bond acceptors (Lipinski definition) is 4. The minimum atomic E-state index is -0.671. The SMILES string of the molecule is CCCC[C@H](CN(O)C=O)C(=O)N[C@H](C(=O)N1CCC(c2ccccc2)CC1)C(C)(C)C. The third kappa shape index (κ3) is 7.33. The van der Waals surface area contributed by atoms with E-state index in [9.17, 15) is 19.6 Å². The van der Waals surface area contributed by atoms with Crippen molar-refractivity contribution in [2.24, 2.45) is 11.3 Å². The van der Waals surface area contributed by atoms with Crippen LogP contribution in [0.3, 0.4) is 0 Å². The van der Waals surface area contributed by atoms with Gasteiger partial charge in [0, 0.05) is 13.1 Å². The van der Waals surface area contributed by atoms with Gasteiger partial charge >= 0.3 is 0 Å². The summed E-state index contributed by atoms with van der Waals surface area (Å²) in [4.78, 5) is 39.2. The Kier molecular flexibility index (Phi) is 9.69. The van der Waals surface area contributed by atoms with E-state index in [1.807, 2.05) is 50.8 Å². The summed E-state index contributed by atoms with van der Waals surface area (Å²) in [5.41, 5.74) is 0.838. The monoisotopic (exact) mass is 445 g/mol. The molecule has 1 aliphatic heterocycles. The van der Waals surface area contributed by atoms with Crippen LogP contribution in [0.4, 0.5) is 0 Å². The molecule has 0 aromatic heterocycles. The van der Waals surface area contributed by atoms with Gasteiger partial charge in [-0.05, 0) is 36.2 Å². The van der Waals surface area contributed by atoms with Gasteiger partial charge in [-0.3, -0.25) is 19.6 Å². The quantitative estimate of drug-likeness (QED) is 0.327. The predicted octanol–water partition coefficient (Wildman–Crippen LogP) is 3.58. The molecule has 3 amide bonds. The number of nitrogens with zero attached hydrogens (tertiary/aromatic N) is 2. The lowest BCUT2D eigenvalue weighted by Crippen LogP contribution is -2.57. The average molecular weight is 446 g/mol. The number of amides is 3. The first-order valence-corrected chi connectivity index (χ1v) is 11.7. The number of hydrogen-bond donors (Lipinski definition) is 2. The Balaban J connectivity index is 2.06. The molecule has 178 valence electrons. The number of carbonyl (C=O) groups is 3. The van der Waals surface area contributed by atoms with Gasteiger partial charge in [-0.15, -0.1) is 0 Å². The van der Waals surface area contributed by atoms with E-state index in [0.29, 0.717) is 36.9 Å². The van der Waals surface area contributed by atoms with Crippen molar-refractivity contribution >= 4 is 18.2 Å². The Hall–Kier alpha value is -2.41. The van der Waals surface area contributed by atoms with Crippen LogP contribution < -0.4 is 5.32 Å². The van der Waals surface area contributed by atoms with E-state index in [-0.39, 0.29) is 18.4 Å². The maximum absolute atomic E-state index is 13.4. The van der Waals surface area contributed by atoms with E-state index >= 15 is 0 Å². The van der Waals surface area contributed by atoms with Crippen molar-refractivity contribution in [1.82, 2.24) is 15.3 Å². The number of rotatable bonds is 10. The van der Waals surface area contributed by atoms with E-state index in [1.165, 1.54) is 5.56 Å². The van der Waals surface area contributed by atoms with Crippen molar-refractivity contribution in [3.05, 3.63) is 35.9 Å². The van der Waals surface area contributed by atoms with E-state index < -0.39 is 17.4 Å². The van der Waals surface area contributed by atoms with E-state index in [1.54, 1.807) is 0 Å². The highest BCUT2D eigenvalue weighted by Gasteiger charge is 2.38. The van der Waals surface area contributed by atoms with Gasteiger partial charge in [-0.2, -0.15) is 0 Å². The number of hydroxylamine groups is 2. The fraction of sp³-hybridized carbons (Fsp3) is 0.640. The molecule has 7 nitrogen and oxygen atoms in total. The van der Waals surface area contributed by atoms with Crippen LogP contribution in [0.15, 0.2) is 30.3 Å². The van der Waals surface area contributed by atoms with Gasteiger partial charge in [0.1, 0.15) is 6.04 Å². The van der Waals surface area contributed by atoms with Crippen molar-refractivity contribution in [3.8, 4) is 0 Å². The fourth-order valence-corrected chi connectivity index (χ4v) is 4.27. The largest absolute Gasteiger partial charge is 0.344 e. The Morgan fingerprint density at radius 3 is 2.38 bits per heavy atom. The van der Waals surface area contributed by atoms with Crippen LogP contribution in [0.25, 0.3) is 0 Å². The first-order valence-electron chi connectivity index (χ1n) is 11.7. The summed E-state index contributed by atoms with van der Waals surface area (Å²) >= 11 is 0. The van der Waals surface area contributed by atoms with Crippen molar-refractivity contribution < 1.29 is 19.6 Å². The maximum Gasteiger partial charge on any atom is 0.245 e. The molecular weight excluding hydrogens is 406 g/mol. The Labute approximate surface area is 192 Å². The highest BCUT2D eigenvalue weighted by Crippen LogP contribution is 2.30. The molecule has 1 saturated heterocycles. The van der Waals surface area contributed by atoms with Crippen molar-refractivity contribution in [2.45, 2.75) is 71.8 Å². The summed E-state index contributed by atoms with van der Waals surface area (Å²) < 4.78 is 0. The zero-order valence-corrected chi connectivity index (χ0v) is 19.9. The molecule has 2 N–H and O–H groups in total. The number of unbranched alkanes of at least 4 members (excludes halogenated alkanes) is 1. The van der Waals surface area contributed by atoms with Gasteiger partial charge < -0.3 is 10.2 Å². The van der Waals surface area contributed by atoms with Gasteiger partial charge in [-0.25, -0.2) is 5.06 Å². The molecule has 0 radical (unpaired) electrons. The average Bonchev–Trinajstić information content (AvgIpc) is 2.79. The van der Waals surface area contributed by atoms with Gasteiger partial charge in [0.15, 0.2) is 0 Å². The molecule has 1 aliphatic rings. The number of carbonyl (C=O) groups excluding carboxylic acids is 3. The molecule has 1 aromatic rings. The first kappa shape index (κ1) is 25.8. The van der Waals surface area contributed by atoms with Gasteiger partial charge in [0.05, 0.1) is 12.5 Å². The second-order valence-corrected chi connectivity index (χ2v) is 9.88. The van der Waals surface area contributed by atoms with Crippen LogP contribution in [-0.2, 0) is 14.4 Å². The van der Waals surface area contributed by atoms with Crippen LogP contribution in [0.5, 0.6) is 0 Å². The summed E-state index contributed by atoms with van der Waals surface area (Å²) in [6, 6.07) is 9.71. The molecule has 0 aliphatic carbocycles. The first-order chi connectivity index (χ1) is 15.2. The van der Waals surface area contributed by atoms with Gasteiger partial charge in [0.25, 0.3) is 0 Å². The smallest absolute Gasteiger partial charge is 0.245 e. The topological polar surface area (TPSA) is 90.0 Å².